The van der Waals surface area contributed by atoms with E-state index >= 15 is 0 Å². The van der Waals surface area contributed by atoms with Gasteiger partial charge in [-0.05, 0) is 41.3 Å². The Morgan fingerprint density at radius 3 is 2.57 bits per heavy atom. The minimum absolute atomic E-state index is 0.199. The first kappa shape index (κ1) is 15.2. The predicted octanol–water partition coefficient (Wildman–Crippen LogP) is 1.99. The molecule has 2 aromatic rings. The zero-order chi connectivity index (χ0) is 15.3. The highest BCUT2D eigenvalue weighted by Gasteiger charge is 2.12. The lowest BCUT2D eigenvalue weighted by Gasteiger charge is -2.01. The minimum atomic E-state index is -3.61. The molecule has 1 aromatic carbocycles. The highest BCUT2D eigenvalue weighted by Crippen LogP contribution is 2.15. The molecule has 8 heteroatoms. The second kappa shape index (κ2) is 6.51. The number of hydrazone groups is 1. The third kappa shape index (κ3) is 4.40. The number of nitrogens with one attached hydrogen (secondary N) is 1. The maximum absolute atomic E-state index is 11.8. The molecule has 0 aliphatic carbocycles. The Morgan fingerprint density at radius 1 is 1.29 bits per heavy atom. The van der Waals surface area contributed by atoms with Gasteiger partial charge in [-0.1, -0.05) is 6.07 Å². The monoisotopic (exact) mass is 324 g/mol. The van der Waals surface area contributed by atoms with E-state index in [4.69, 9.17) is 4.74 Å². The summed E-state index contributed by atoms with van der Waals surface area (Å²) >= 11 is 1.11. The summed E-state index contributed by atoms with van der Waals surface area (Å²) in [5, 5.41) is 5.37. The normalized spacial score (nSPS) is 11.5. The van der Waals surface area contributed by atoms with Gasteiger partial charge in [-0.3, -0.25) is 4.79 Å². The smallest absolute Gasteiger partial charge is 0.308 e. The van der Waals surface area contributed by atoms with Crippen LogP contribution in [0.4, 0.5) is 0 Å². The van der Waals surface area contributed by atoms with Crippen molar-refractivity contribution < 1.29 is 17.9 Å². The topological polar surface area (TPSA) is 84.8 Å². The van der Waals surface area contributed by atoms with Crippen LogP contribution < -0.4 is 9.57 Å². The number of rotatable bonds is 5. The molecular weight excluding hydrogens is 312 g/mol. The average molecular weight is 324 g/mol. The van der Waals surface area contributed by atoms with E-state index in [9.17, 15) is 13.2 Å². The fourth-order valence-corrected chi connectivity index (χ4v) is 3.19. The first-order valence-corrected chi connectivity index (χ1v) is 8.20. The zero-order valence-corrected chi connectivity index (χ0v) is 12.6. The van der Waals surface area contributed by atoms with Crippen molar-refractivity contribution in [2.45, 2.75) is 11.1 Å². The molecule has 1 heterocycles. The Balaban J connectivity index is 2.00. The third-order valence-corrected chi connectivity index (χ3v) is 4.91. The van der Waals surface area contributed by atoms with Crippen LogP contribution in [0.5, 0.6) is 5.75 Å². The lowest BCUT2D eigenvalue weighted by atomic mass is 10.2. The number of benzene rings is 1. The van der Waals surface area contributed by atoms with E-state index in [1.54, 1.807) is 35.7 Å². The summed E-state index contributed by atoms with van der Waals surface area (Å²) in [6, 6.07) is 9.64. The van der Waals surface area contributed by atoms with Crippen LogP contribution in [0.2, 0.25) is 0 Å². The molecule has 0 bridgehead atoms. The molecule has 0 saturated carbocycles. The average Bonchev–Trinajstić information content (AvgIpc) is 2.95. The van der Waals surface area contributed by atoms with Crippen molar-refractivity contribution in [3.05, 3.63) is 47.3 Å². The highest BCUT2D eigenvalue weighted by molar-refractivity contribution is 7.91. The van der Waals surface area contributed by atoms with Gasteiger partial charge in [-0.15, -0.1) is 11.3 Å². The van der Waals surface area contributed by atoms with Gasteiger partial charge in [-0.2, -0.15) is 18.4 Å². The number of ether oxygens (including phenoxy) is 1. The van der Waals surface area contributed by atoms with Gasteiger partial charge < -0.3 is 4.74 Å². The quantitative estimate of drug-likeness (QED) is 0.394. The number of nitrogens with zero attached hydrogens (tertiary/aromatic N) is 1. The molecule has 0 spiro atoms. The third-order valence-electron chi connectivity index (χ3n) is 2.29. The number of sulfonamides is 1. The number of carbonyl (C=O) groups is 1. The second-order valence-corrected chi connectivity index (χ2v) is 6.78. The summed E-state index contributed by atoms with van der Waals surface area (Å²) in [6.45, 7) is 1.31. The van der Waals surface area contributed by atoms with Crippen LogP contribution in [0.15, 0.2) is 51.1 Å². The van der Waals surface area contributed by atoms with E-state index in [0.29, 0.717) is 11.3 Å². The number of carbonyl (C=O) groups excluding carboxylic acids is 1. The molecule has 6 nitrogen and oxygen atoms in total. The van der Waals surface area contributed by atoms with Crippen molar-refractivity contribution in [3.63, 3.8) is 0 Å². The van der Waals surface area contributed by atoms with Gasteiger partial charge in [0.1, 0.15) is 9.96 Å². The molecule has 0 aliphatic heterocycles. The number of esters is 1. The maximum atomic E-state index is 11.8. The van der Waals surface area contributed by atoms with Crippen LogP contribution in [0, 0.1) is 0 Å². The first-order chi connectivity index (χ1) is 9.97. The minimum Gasteiger partial charge on any atom is -0.427 e. The van der Waals surface area contributed by atoms with Gasteiger partial charge in [0.15, 0.2) is 0 Å². The van der Waals surface area contributed by atoms with Gasteiger partial charge in [-0.25, -0.2) is 0 Å². The molecule has 0 fully saturated rings. The molecule has 2 rings (SSSR count). The standard InChI is InChI=1S/C13H12N2O4S2/c1-10(16)19-12-6-4-11(5-7-12)9-14-15-21(17,18)13-3-2-8-20-13/h2-9,15H,1H3/b14-9+. The van der Waals surface area contributed by atoms with Crippen LogP contribution in [0.25, 0.3) is 0 Å². The molecule has 0 aliphatic rings. The summed E-state index contributed by atoms with van der Waals surface area (Å²) in [5.74, 6) is 0.0129. The fraction of sp³-hybridized carbons (Fsp3) is 0.0769. The Hall–Kier alpha value is -2.19. The van der Waals surface area contributed by atoms with Crippen LogP contribution in [0.1, 0.15) is 12.5 Å². The Kier molecular flexibility index (Phi) is 4.71. The van der Waals surface area contributed by atoms with Crippen molar-refractivity contribution in [1.82, 2.24) is 4.83 Å². The molecular formula is C13H12N2O4S2. The van der Waals surface area contributed by atoms with E-state index < -0.39 is 16.0 Å². The van der Waals surface area contributed by atoms with E-state index in [2.05, 4.69) is 9.93 Å². The summed E-state index contributed by atoms with van der Waals surface area (Å²) in [7, 11) is -3.61. The van der Waals surface area contributed by atoms with Crippen LogP contribution in [-0.2, 0) is 14.8 Å². The van der Waals surface area contributed by atoms with Gasteiger partial charge in [0.05, 0.1) is 6.21 Å². The molecule has 1 N–H and O–H groups in total. The van der Waals surface area contributed by atoms with Crippen LogP contribution in [-0.4, -0.2) is 20.6 Å². The van der Waals surface area contributed by atoms with E-state index in [-0.39, 0.29) is 4.21 Å². The Labute approximate surface area is 126 Å². The van der Waals surface area contributed by atoms with E-state index in [0.717, 1.165) is 11.3 Å². The highest BCUT2D eigenvalue weighted by atomic mass is 32.2. The lowest BCUT2D eigenvalue weighted by molar-refractivity contribution is -0.131. The van der Waals surface area contributed by atoms with Crippen molar-refractivity contribution in [1.29, 1.82) is 0 Å². The van der Waals surface area contributed by atoms with Gasteiger partial charge >= 0.3 is 5.97 Å². The SMILES string of the molecule is CC(=O)Oc1ccc(/C=N/NS(=O)(=O)c2cccs2)cc1. The van der Waals surface area contributed by atoms with Gasteiger partial charge in [0.25, 0.3) is 10.0 Å². The van der Waals surface area contributed by atoms with E-state index in [1.807, 2.05) is 0 Å². The summed E-state index contributed by atoms with van der Waals surface area (Å²) in [4.78, 5) is 12.9. The molecule has 0 amide bonds. The number of hydrogen-bond acceptors (Lipinski definition) is 6. The van der Waals surface area contributed by atoms with Crippen molar-refractivity contribution in [3.8, 4) is 5.75 Å². The number of thiophene rings is 1. The largest absolute Gasteiger partial charge is 0.427 e. The van der Waals surface area contributed by atoms with Crippen LogP contribution in [0.3, 0.4) is 0 Å². The van der Waals surface area contributed by atoms with Gasteiger partial charge in [0.2, 0.25) is 0 Å². The van der Waals surface area contributed by atoms with Gasteiger partial charge in [0, 0.05) is 6.92 Å². The maximum Gasteiger partial charge on any atom is 0.308 e. The molecule has 1 aromatic heterocycles. The molecule has 0 saturated heterocycles. The van der Waals surface area contributed by atoms with Crippen molar-refractivity contribution in [2.24, 2.45) is 5.10 Å². The number of hydrogen-bond donors (Lipinski definition) is 1. The molecule has 0 unspecified atom stereocenters. The molecule has 21 heavy (non-hydrogen) atoms. The molecule has 0 atom stereocenters. The first-order valence-electron chi connectivity index (χ1n) is 5.84. The summed E-state index contributed by atoms with van der Waals surface area (Å²) < 4.78 is 28.7. The van der Waals surface area contributed by atoms with Crippen LogP contribution >= 0.6 is 11.3 Å². The van der Waals surface area contributed by atoms with E-state index in [1.165, 1.54) is 19.2 Å². The lowest BCUT2D eigenvalue weighted by Crippen LogP contribution is -2.17. The van der Waals surface area contributed by atoms with Crippen molar-refractivity contribution in [2.75, 3.05) is 0 Å². The predicted molar refractivity (Wildman–Crippen MR) is 80.0 cm³/mol. The summed E-state index contributed by atoms with van der Waals surface area (Å²) in [5.41, 5.74) is 0.666. The molecule has 110 valence electrons. The van der Waals surface area contributed by atoms with Crippen molar-refractivity contribution >= 4 is 33.5 Å². The Bertz CT molecular complexity index is 735. The Morgan fingerprint density at radius 2 is 2.00 bits per heavy atom. The fourth-order valence-electron chi connectivity index (χ4n) is 1.42. The zero-order valence-electron chi connectivity index (χ0n) is 11.0. The summed E-state index contributed by atoms with van der Waals surface area (Å²) in [6.07, 6.45) is 1.36. The second-order valence-electron chi connectivity index (χ2n) is 3.95. The molecule has 0 radical (unpaired) electrons.